The van der Waals surface area contributed by atoms with Gasteiger partial charge in [0.15, 0.2) is 0 Å². The second kappa shape index (κ2) is 10.4. The Kier molecular flexibility index (Phi) is 7.44. The first-order valence-corrected chi connectivity index (χ1v) is 14.6. The van der Waals surface area contributed by atoms with Crippen LogP contribution in [0.25, 0.3) is 0 Å². The maximum Gasteiger partial charge on any atom is 0.416 e. The maximum atomic E-state index is 13.1. The quantitative estimate of drug-likeness (QED) is 0.488. The summed E-state index contributed by atoms with van der Waals surface area (Å²) < 4.78 is 72.4. The third kappa shape index (κ3) is 5.87. The summed E-state index contributed by atoms with van der Waals surface area (Å²) in [6, 6.07) is 10.6. The van der Waals surface area contributed by atoms with E-state index in [1.54, 1.807) is 0 Å². The molecule has 40 heavy (non-hydrogen) atoms. The lowest BCUT2D eigenvalue weighted by molar-refractivity contribution is -0.137. The van der Waals surface area contributed by atoms with Gasteiger partial charge in [-0.3, -0.25) is 15.0 Å². The molecule has 9 nitrogen and oxygen atoms in total. The normalized spacial score (nSPS) is 22.9. The Hall–Kier alpha value is -3.00. The minimum absolute atomic E-state index is 0.0309. The van der Waals surface area contributed by atoms with Gasteiger partial charge in [-0.05, 0) is 75.2 Å². The number of sulfonamides is 1. The van der Waals surface area contributed by atoms with E-state index in [2.05, 4.69) is 15.6 Å². The van der Waals surface area contributed by atoms with Gasteiger partial charge in [-0.1, -0.05) is 24.3 Å². The number of guanidine groups is 1. The molecule has 0 bridgehead atoms. The van der Waals surface area contributed by atoms with E-state index >= 15 is 0 Å². The van der Waals surface area contributed by atoms with Crippen LogP contribution in [0.15, 0.2) is 47.5 Å². The van der Waals surface area contributed by atoms with Gasteiger partial charge in [0.05, 0.1) is 11.3 Å². The van der Waals surface area contributed by atoms with Crippen molar-refractivity contribution in [3.8, 4) is 0 Å². The number of halogens is 3. The number of anilines is 1. The second-order valence-electron chi connectivity index (χ2n) is 10.7. The van der Waals surface area contributed by atoms with E-state index in [0.29, 0.717) is 6.42 Å². The molecular weight excluding hydrogens is 547 g/mol. The molecule has 3 aliphatic heterocycles. The molecule has 2 aromatic rings. The third-order valence-electron chi connectivity index (χ3n) is 7.68. The van der Waals surface area contributed by atoms with Crippen molar-refractivity contribution in [2.75, 3.05) is 38.3 Å². The lowest BCUT2D eigenvalue weighted by Gasteiger charge is -2.34. The zero-order chi connectivity index (χ0) is 28.9. The highest BCUT2D eigenvalue weighted by Crippen LogP contribution is 2.40. The Morgan fingerprint density at radius 2 is 1.90 bits per heavy atom. The highest BCUT2D eigenvalue weighted by atomic mass is 32.2. The van der Waals surface area contributed by atoms with Crippen LogP contribution in [0.2, 0.25) is 0 Å². The molecule has 2 unspecified atom stereocenters. The van der Waals surface area contributed by atoms with Gasteiger partial charge in [-0.2, -0.15) is 13.2 Å². The van der Waals surface area contributed by atoms with E-state index in [-0.39, 0.29) is 55.7 Å². The number of rotatable bonds is 7. The van der Waals surface area contributed by atoms with Crippen molar-refractivity contribution in [3.63, 3.8) is 0 Å². The summed E-state index contributed by atoms with van der Waals surface area (Å²) in [4.78, 5) is 19.2. The van der Waals surface area contributed by atoms with Crippen molar-refractivity contribution >= 4 is 27.6 Å². The number of amides is 1. The number of alkyl halides is 3. The molecule has 0 aromatic heterocycles. The number of benzene rings is 2. The molecule has 0 aliphatic carbocycles. The predicted octanol–water partition coefficient (Wildman–Crippen LogP) is 3.28. The first-order chi connectivity index (χ1) is 18.8. The summed E-state index contributed by atoms with van der Waals surface area (Å²) in [6.45, 7) is 2.21. The molecule has 2 atom stereocenters. The van der Waals surface area contributed by atoms with Crippen molar-refractivity contribution < 1.29 is 31.1 Å². The molecule has 3 aliphatic rings. The van der Waals surface area contributed by atoms with Crippen LogP contribution in [0, 0.1) is 6.92 Å². The van der Waals surface area contributed by atoms with Gasteiger partial charge < -0.3 is 10.1 Å². The topological polar surface area (TPSA) is 107 Å². The number of nitrogens with one attached hydrogen (secondary N) is 2. The molecule has 0 radical (unpaired) electrons. The molecule has 2 saturated heterocycles. The monoisotopic (exact) mass is 579 g/mol. The van der Waals surface area contributed by atoms with Crippen molar-refractivity contribution in [1.29, 1.82) is 0 Å². The Labute approximate surface area is 231 Å². The van der Waals surface area contributed by atoms with Gasteiger partial charge in [0.1, 0.15) is 17.9 Å². The molecule has 5 rings (SSSR count). The fourth-order valence-electron chi connectivity index (χ4n) is 5.24. The van der Waals surface area contributed by atoms with Gasteiger partial charge in [-0.25, -0.2) is 17.7 Å². The first kappa shape index (κ1) is 28.5. The standard InChI is InChI=1S/C27H32F3N5O4S/c1-17-15-19(22-23(39-22)34(2)3)8-7-18(17)9-14-40(37,38)35-12-10-26(11-13-35)24(36)32-25(33-26)31-21-6-4-5-20(16-21)27(28,29)30/h4-8,15-16,22-23H,9-14H2,1-3H3,(H2,31,32,33,36). The number of ether oxygens (including phenoxy) is 1. The highest BCUT2D eigenvalue weighted by Gasteiger charge is 2.47. The van der Waals surface area contributed by atoms with E-state index < -0.39 is 33.2 Å². The minimum atomic E-state index is -4.50. The molecule has 2 fully saturated rings. The number of nitrogens with zero attached hydrogens (tertiary/aromatic N) is 3. The molecule has 216 valence electrons. The zero-order valence-electron chi connectivity index (χ0n) is 22.5. The van der Waals surface area contributed by atoms with Crippen LogP contribution < -0.4 is 10.6 Å². The Balaban J connectivity index is 1.18. The molecule has 3 heterocycles. The zero-order valence-corrected chi connectivity index (χ0v) is 23.3. The van der Waals surface area contributed by atoms with Crippen molar-refractivity contribution in [3.05, 3.63) is 64.7 Å². The number of epoxide rings is 1. The van der Waals surface area contributed by atoms with Crippen LogP contribution in [-0.2, 0) is 32.2 Å². The average Bonchev–Trinajstić information content (AvgIpc) is 3.64. The Bertz CT molecular complexity index is 1440. The lowest BCUT2D eigenvalue weighted by atomic mass is 9.89. The number of piperidine rings is 1. The number of carbonyl (C=O) groups excluding carboxylic acids is 1. The lowest BCUT2D eigenvalue weighted by Crippen LogP contribution is -2.51. The molecule has 0 saturated carbocycles. The molecule has 2 aromatic carbocycles. The number of hydrogen-bond acceptors (Lipinski definition) is 7. The smallest absolute Gasteiger partial charge is 0.348 e. The molecule has 2 N–H and O–H groups in total. The molecule has 1 spiro atoms. The summed E-state index contributed by atoms with van der Waals surface area (Å²) in [5, 5.41) is 5.33. The number of carbonyl (C=O) groups is 1. The number of aliphatic imine (C=N–C) groups is 1. The summed E-state index contributed by atoms with van der Waals surface area (Å²) in [5.41, 5.74) is 1.19. The average molecular weight is 580 g/mol. The molecular formula is C27H32F3N5O4S. The summed E-state index contributed by atoms with van der Waals surface area (Å²) in [7, 11) is 0.342. The van der Waals surface area contributed by atoms with Crippen LogP contribution >= 0.6 is 0 Å². The number of hydrogen-bond donors (Lipinski definition) is 2. The van der Waals surface area contributed by atoms with Gasteiger partial charge >= 0.3 is 6.18 Å². The summed E-state index contributed by atoms with van der Waals surface area (Å²) in [6.07, 6.45) is -3.69. The van der Waals surface area contributed by atoms with E-state index in [4.69, 9.17) is 4.74 Å². The Morgan fingerprint density at radius 3 is 2.52 bits per heavy atom. The Morgan fingerprint density at radius 1 is 1.18 bits per heavy atom. The summed E-state index contributed by atoms with van der Waals surface area (Å²) in [5.74, 6) is -0.405. The number of aryl methyl sites for hydroxylation is 2. The van der Waals surface area contributed by atoms with Crippen molar-refractivity contribution in [2.45, 2.75) is 50.2 Å². The van der Waals surface area contributed by atoms with Crippen molar-refractivity contribution in [2.24, 2.45) is 4.99 Å². The van der Waals surface area contributed by atoms with Crippen LogP contribution in [0.4, 0.5) is 18.9 Å². The minimum Gasteiger partial charge on any atom is -0.348 e. The third-order valence-corrected chi connectivity index (χ3v) is 9.55. The first-order valence-electron chi connectivity index (χ1n) is 13.0. The molecule has 1 amide bonds. The highest BCUT2D eigenvalue weighted by molar-refractivity contribution is 7.89. The fourth-order valence-corrected chi connectivity index (χ4v) is 6.72. The largest absolute Gasteiger partial charge is 0.416 e. The van der Waals surface area contributed by atoms with Crippen molar-refractivity contribution in [1.82, 2.24) is 14.5 Å². The van der Waals surface area contributed by atoms with E-state index in [0.717, 1.165) is 28.8 Å². The van der Waals surface area contributed by atoms with Gasteiger partial charge in [-0.15, -0.1) is 0 Å². The van der Waals surface area contributed by atoms with E-state index in [1.165, 1.54) is 16.4 Å². The predicted molar refractivity (Wildman–Crippen MR) is 144 cm³/mol. The van der Waals surface area contributed by atoms with E-state index in [1.807, 2.05) is 44.1 Å². The van der Waals surface area contributed by atoms with Gasteiger partial charge in [0.25, 0.3) is 5.91 Å². The second-order valence-corrected chi connectivity index (χ2v) is 12.8. The van der Waals surface area contributed by atoms with Crippen LogP contribution in [-0.4, -0.2) is 74.2 Å². The fraction of sp³-hybridized carbons (Fsp3) is 0.481. The molecule has 13 heteroatoms. The van der Waals surface area contributed by atoms with Crippen LogP contribution in [0.5, 0.6) is 0 Å². The number of likely N-dealkylation sites (N-methyl/N-ethyl adjacent to an activating group) is 1. The van der Waals surface area contributed by atoms with Crippen LogP contribution in [0.3, 0.4) is 0 Å². The van der Waals surface area contributed by atoms with Gasteiger partial charge in [0, 0.05) is 18.8 Å². The summed E-state index contributed by atoms with van der Waals surface area (Å²) >= 11 is 0. The van der Waals surface area contributed by atoms with Crippen LogP contribution in [0.1, 0.15) is 41.2 Å². The van der Waals surface area contributed by atoms with E-state index in [9.17, 15) is 26.4 Å². The SMILES string of the molecule is Cc1cc(C2OC2N(C)C)ccc1CCS(=O)(=O)N1CCC2(CC1)N=C(Nc1cccc(C(F)(F)F)c1)NC2=O. The maximum absolute atomic E-state index is 13.1. The van der Waals surface area contributed by atoms with Gasteiger partial charge in [0.2, 0.25) is 16.0 Å².